The van der Waals surface area contributed by atoms with Gasteiger partial charge in [-0.15, -0.1) is 0 Å². The zero-order valence-electron chi connectivity index (χ0n) is 19.1. The van der Waals surface area contributed by atoms with E-state index < -0.39 is 46.8 Å². The monoisotopic (exact) mass is 534 g/mol. The third-order valence-corrected chi connectivity index (χ3v) is 6.61. The highest BCUT2D eigenvalue weighted by molar-refractivity contribution is 6.31. The smallest absolute Gasteiger partial charge is 0.341 e. The van der Waals surface area contributed by atoms with Crippen LogP contribution in [-0.2, 0) is 13.2 Å². The van der Waals surface area contributed by atoms with Crippen LogP contribution in [0.4, 0.5) is 27.6 Å². The maximum Gasteiger partial charge on any atom is 0.416 e. The van der Waals surface area contributed by atoms with Crippen LogP contribution in [0.5, 0.6) is 0 Å². The lowest BCUT2D eigenvalue weighted by atomic mass is 9.94. The first kappa shape index (κ1) is 24.7. The molecule has 0 bridgehead atoms. The van der Waals surface area contributed by atoms with Crippen LogP contribution in [0.15, 0.2) is 42.5 Å². The average molecular weight is 535 g/mol. The first-order valence-electron chi connectivity index (χ1n) is 10.8. The van der Waals surface area contributed by atoms with Crippen LogP contribution in [0.3, 0.4) is 0 Å². The summed E-state index contributed by atoms with van der Waals surface area (Å²) in [6.07, 6.45) is -4.88. The molecule has 2 heterocycles. The molecule has 5 rings (SSSR count). The molecule has 1 aromatic heterocycles. The van der Waals surface area contributed by atoms with Gasteiger partial charge in [0.2, 0.25) is 0 Å². The molecule has 2 amide bonds. The van der Waals surface area contributed by atoms with Crippen LogP contribution >= 0.6 is 11.6 Å². The molecule has 1 unspecified atom stereocenters. The van der Waals surface area contributed by atoms with E-state index in [1.807, 2.05) is 0 Å². The Labute approximate surface area is 211 Å². The zero-order valence-corrected chi connectivity index (χ0v) is 19.9. The average Bonchev–Trinajstić information content (AvgIpc) is 3.31. The second kappa shape index (κ2) is 8.55. The summed E-state index contributed by atoms with van der Waals surface area (Å²) in [5, 5.41) is 10.2. The largest absolute Gasteiger partial charge is 0.416 e. The second-order valence-corrected chi connectivity index (χ2v) is 8.98. The number of aryl methyl sites for hydroxylation is 2. The molecule has 12 heteroatoms. The molecule has 0 saturated heterocycles. The minimum absolute atomic E-state index is 0.0464. The molecule has 0 saturated carbocycles. The number of anilines is 1. The number of nitrogens with one attached hydrogen (secondary N) is 2. The van der Waals surface area contributed by atoms with Crippen molar-refractivity contribution in [3.8, 4) is 0 Å². The van der Waals surface area contributed by atoms with Crippen molar-refractivity contribution in [2.75, 3.05) is 5.32 Å². The number of rotatable bonds is 3. The van der Waals surface area contributed by atoms with E-state index in [1.165, 1.54) is 16.8 Å². The van der Waals surface area contributed by atoms with Crippen LogP contribution in [0.2, 0.25) is 5.02 Å². The van der Waals surface area contributed by atoms with Gasteiger partial charge in [-0.1, -0.05) is 11.6 Å². The quantitative estimate of drug-likeness (QED) is 0.321. The van der Waals surface area contributed by atoms with Crippen molar-refractivity contribution in [1.29, 1.82) is 0 Å². The fourth-order valence-electron chi connectivity index (χ4n) is 4.42. The van der Waals surface area contributed by atoms with Crippen molar-refractivity contribution >= 4 is 40.0 Å². The summed E-state index contributed by atoms with van der Waals surface area (Å²) < 4.78 is 69.2. The number of amides is 2. The summed E-state index contributed by atoms with van der Waals surface area (Å²) in [4.78, 5) is 26.2. The van der Waals surface area contributed by atoms with Gasteiger partial charge >= 0.3 is 6.18 Å². The lowest BCUT2D eigenvalue weighted by molar-refractivity contribution is -0.137. The van der Waals surface area contributed by atoms with E-state index in [0.717, 1.165) is 12.1 Å². The lowest BCUT2D eigenvalue weighted by Crippen LogP contribution is -2.21. The second-order valence-electron chi connectivity index (χ2n) is 8.57. The van der Waals surface area contributed by atoms with Crippen molar-refractivity contribution < 1.29 is 31.5 Å². The Kier molecular flexibility index (Phi) is 5.70. The van der Waals surface area contributed by atoms with Crippen molar-refractivity contribution in [2.24, 2.45) is 7.05 Å². The van der Waals surface area contributed by atoms with Crippen molar-refractivity contribution in [1.82, 2.24) is 15.1 Å². The van der Waals surface area contributed by atoms with Crippen molar-refractivity contribution in [3.05, 3.63) is 92.6 Å². The van der Waals surface area contributed by atoms with Gasteiger partial charge in [-0.3, -0.25) is 14.3 Å². The number of carbonyl (C=O) groups excluding carboxylic acids is 2. The minimum atomic E-state index is -4.88. The number of fused-ring (bicyclic) bond motifs is 3. The number of benzene rings is 3. The predicted octanol–water partition coefficient (Wildman–Crippen LogP) is 5.92. The van der Waals surface area contributed by atoms with Crippen LogP contribution in [0, 0.1) is 18.6 Å². The number of aromatic nitrogens is 2. The number of hydrogen-bond donors (Lipinski definition) is 2. The van der Waals surface area contributed by atoms with E-state index in [0.29, 0.717) is 28.7 Å². The Morgan fingerprint density at radius 3 is 2.54 bits per heavy atom. The van der Waals surface area contributed by atoms with Gasteiger partial charge in [-0.2, -0.15) is 18.3 Å². The van der Waals surface area contributed by atoms with E-state index in [9.17, 15) is 31.5 Å². The summed E-state index contributed by atoms with van der Waals surface area (Å²) in [6.45, 7) is 1.73. The molecule has 2 N–H and O–H groups in total. The molecule has 37 heavy (non-hydrogen) atoms. The highest BCUT2D eigenvalue weighted by atomic mass is 35.5. The number of alkyl halides is 3. The van der Waals surface area contributed by atoms with E-state index in [4.69, 9.17) is 11.6 Å². The van der Waals surface area contributed by atoms with Gasteiger partial charge in [-0.25, -0.2) is 8.78 Å². The molecule has 1 atom stereocenters. The summed E-state index contributed by atoms with van der Waals surface area (Å²) in [6, 6.07) is 5.56. The maximum atomic E-state index is 14.1. The molecule has 1 aliphatic rings. The Hall–Kier alpha value is -3.99. The molecule has 0 radical (unpaired) electrons. The molecule has 190 valence electrons. The molecule has 6 nitrogen and oxygen atoms in total. The van der Waals surface area contributed by atoms with Crippen molar-refractivity contribution in [3.63, 3.8) is 0 Å². The molecule has 0 fully saturated rings. The third kappa shape index (κ3) is 4.18. The van der Waals surface area contributed by atoms with Gasteiger partial charge in [0.25, 0.3) is 11.8 Å². The highest BCUT2D eigenvalue weighted by Crippen LogP contribution is 2.43. The molecule has 3 aromatic carbocycles. The van der Waals surface area contributed by atoms with Crippen LogP contribution in [0.1, 0.15) is 49.1 Å². The number of nitrogens with zero attached hydrogens (tertiary/aromatic N) is 2. The standard InChI is InChI=1S/C25H16ClF5N4O2/c1-10-15-9-18(32-23(36)11-5-12(25(29,30)31)7-14(28)6-11)19-20(22(15)34-35(10)2)24(37)33-21(19)16-8-13(27)3-4-17(16)26/h3-9,21H,1-2H3,(H,32,36)(H,33,37). The first-order chi connectivity index (χ1) is 17.3. The van der Waals surface area contributed by atoms with E-state index in [-0.39, 0.29) is 33.5 Å². The van der Waals surface area contributed by atoms with Gasteiger partial charge in [0, 0.05) is 45.5 Å². The molecule has 0 aliphatic carbocycles. The van der Waals surface area contributed by atoms with Crippen LogP contribution in [0.25, 0.3) is 10.9 Å². The van der Waals surface area contributed by atoms with E-state index >= 15 is 0 Å². The fourth-order valence-corrected chi connectivity index (χ4v) is 4.65. The topological polar surface area (TPSA) is 76.0 Å². The first-order valence-corrected chi connectivity index (χ1v) is 11.2. The molecular formula is C25H16ClF5N4O2. The summed E-state index contributed by atoms with van der Waals surface area (Å²) in [5.74, 6) is -3.48. The highest BCUT2D eigenvalue weighted by Gasteiger charge is 2.38. The Morgan fingerprint density at radius 2 is 1.84 bits per heavy atom. The normalized spacial score (nSPS) is 15.1. The van der Waals surface area contributed by atoms with E-state index in [1.54, 1.807) is 14.0 Å². The summed E-state index contributed by atoms with van der Waals surface area (Å²) in [5.41, 5.74) is -0.430. The van der Waals surface area contributed by atoms with Gasteiger partial charge in [0.15, 0.2) is 0 Å². The molecule has 1 aliphatic heterocycles. The fraction of sp³-hybridized carbons (Fsp3) is 0.160. The third-order valence-electron chi connectivity index (χ3n) is 6.26. The Bertz CT molecular complexity index is 1630. The predicted molar refractivity (Wildman–Crippen MR) is 126 cm³/mol. The van der Waals surface area contributed by atoms with Crippen molar-refractivity contribution in [2.45, 2.75) is 19.1 Å². The number of carbonyl (C=O) groups is 2. The van der Waals surface area contributed by atoms with Gasteiger partial charge in [0.05, 0.1) is 17.2 Å². The van der Waals surface area contributed by atoms with Gasteiger partial charge < -0.3 is 10.6 Å². The maximum absolute atomic E-state index is 14.1. The summed E-state index contributed by atoms with van der Waals surface area (Å²) in [7, 11) is 1.65. The number of hydrogen-bond acceptors (Lipinski definition) is 3. The zero-order chi connectivity index (χ0) is 26.8. The Balaban J connectivity index is 1.70. The van der Waals surface area contributed by atoms with Crippen LogP contribution in [-0.4, -0.2) is 21.6 Å². The minimum Gasteiger partial charge on any atom is -0.341 e. The Morgan fingerprint density at radius 1 is 1.11 bits per heavy atom. The molecular weight excluding hydrogens is 519 g/mol. The molecule has 0 spiro atoms. The van der Waals surface area contributed by atoms with Crippen LogP contribution < -0.4 is 10.6 Å². The van der Waals surface area contributed by atoms with Gasteiger partial charge in [0.1, 0.15) is 17.2 Å². The van der Waals surface area contributed by atoms with Gasteiger partial charge in [-0.05, 0) is 49.4 Å². The SMILES string of the molecule is Cc1c2cc(NC(=O)c3cc(F)cc(C(F)(F)F)c3)c3c(c2nn1C)C(=O)NC3c1cc(F)ccc1Cl. The number of halogens is 6. The lowest BCUT2D eigenvalue weighted by Gasteiger charge is -2.18. The molecule has 4 aromatic rings. The van der Waals surface area contributed by atoms with E-state index in [2.05, 4.69) is 15.7 Å². The summed E-state index contributed by atoms with van der Waals surface area (Å²) >= 11 is 6.30.